The molecule has 5 aromatic rings. The number of halogens is 1. The first-order valence-electron chi connectivity index (χ1n) is 14.9. The molecule has 44 heavy (non-hydrogen) atoms. The number of ether oxygens (including phenoxy) is 1. The average Bonchev–Trinajstić information content (AvgIpc) is 3.65. The summed E-state index contributed by atoms with van der Waals surface area (Å²) in [4.78, 5) is 24.9. The van der Waals surface area contributed by atoms with Gasteiger partial charge in [-0.25, -0.2) is 19.3 Å². The zero-order chi connectivity index (χ0) is 30.2. The number of β-amino-alcohol motifs (C(OH)–C–C–N with tert-alkyl or cyclic N) is 1. The van der Waals surface area contributed by atoms with Crippen molar-refractivity contribution < 1.29 is 14.2 Å². The molecular weight excluding hydrogens is 561 g/mol. The number of piperazine rings is 1. The van der Waals surface area contributed by atoms with Crippen LogP contribution in [0, 0.1) is 5.82 Å². The normalized spacial score (nSPS) is 20.9. The third-order valence-electron chi connectivity index (χ3n) is 9.18. The number of nitrogens with one attached hydrogen (secondary N) is 1. The molecule has 4 fully saturated rings. The second kappa shape index (κ2) is 10.00. The maximum atomic E-state index is 14.6. The van der Waals surface area contributed by atoms with Crippen LogP contribution in [0.3, 0.4) is 0 Å². The summed E-state index contributed by atoms with van der Waals surface area (Å²) in [5.74, 6) is 1.81. The lowest BCUT2D eigenvalue weighted by molar-refractivity contribution is -0.00947. The lowest BCUT2D eigenvalue weighted by atomic mass is 9.86. The van der Waals surface area contributed by atoms with Gasteiger partial charge in [0.2, 0.25) is 0 Å². The molecule has 2 atom stereocenters. The Kier molecular flexibility index (Phi) is 6.14. The molecule has 0 spiro atoms. The van der Waals surface area contributed by atoms with Crippen molar-refractivity contribution in [2.45, 2.75) is 37.6 Å². The fourth-order valence-corrected chi connectivity index (χ4v) is 6.91. The summed E-state index contributed by atoms with van der Waals surface area (Å²) in [7, 11) is 3.42. The molecule has 0 saturated carbocycles. The number of hydrogen-bond acceptors (Lipinski definition) is 9. The number of methoxy groups -OCH3 is 1. The average molecular weight is 596 g/mol. The summed E-state index contributed by atoms with van der Waals surface area (Å²) in [5.41, 5.74) is 4.18. The molecule has 2 unspecified atom stereocenters. The Labute approximate surface area is 253 Å². The van der Waals surface area contributed by atoms with Gasteiger partial charge in [0, 0.05) is 87.6 Å². The van der Waals surface area contributed by atoms with Gasteiger partial charge in [-0.2, -0.15) is 5.10 Å². The number of aromatic nitrogens is 6. The van der Waals surface area contributed by atoms with Gasteiger partial charge >= 0.3 is 0 Å². The van der Waals surface area contributed by atoms with E-state index in [0.29, 0.717) is 48.9 Å². The largest absolute Gasteiger partial charge is 0.497 e. The lowest BCUT2D eigenvalue weighted by Crippen LogP contribution is -2.68. The van der Waals surface area contributed by atoms with E-state index in [-0.39, 0.29) is 5.82 Å². The zero-order valence-corrected chi connectivity index (χ0v) is 24.9. The molecule has 4 saturated heterocycles. The minimum Gasteiger partial charge on any atom is -0.497 e. The van der Waals surface area contributed by atoms with Crippen molar-refractivity contribution in [3.8, 4) is 28.4 Å². The van der Waals surface area contributed by atoms with Crippen LogP contribution in [0.2, 0.25) is 0 Å². The van der Waals surface area contributed by atoms with E-state index in [1.54, 1.807) is 18.0 Å². The molecule has 4 aromatic heterocycles. The highest BCUT2D eigenvalue weighted by molar-refractivity contribution is 6.02. The second-order valence-electron chi connectivity index (χ2n) is 12.5. The number of nitrogens with zero attached hydrogens (tertiary/aromatic N) is 8. The monoisotopic (exact) mass is 595 g/mol. The number of benzene rings is 1. The SMILES string of the molecule is COc1ccc(CN2C3CC2CN(c2ccc(-c4nc(-c5cnn(C)c5)nc5[nH]cc(N6CC(C)(O)C6)c45)cn2)C3)c(F)c1. The van der Waals surface area contributed by atoms with Crippen molar-refractivity contribution in [3.63, 3.8) is 0 Å². The molecule has 1 aromatic carbocycles. The van der Waals surface area contributed by atoms with Gasteiger partial charge in [-0.3, -0.25) is 9.58 Å². The first-order chi connectivity index (χ1) is 21.2. The highest BCUT2D eigenvalue weighted by Gasteiger charge is 2.45. The van der Waals surface area contributed by atoms with Crippen LogP contribution in [0.25, 0.3) is 33.7 Å². The number of aliphatic hydroxyl groups is 1. The topological polar surface area (TPSA) is 111 Å². The molecule has 11 nitrogen and oxygen atoms in total. The van der Waals surface area contributed by atoms with E-state index in [1.165, 1.54) is 6.07 Å². The van der Waals surface area contributed by atoms with E-state index in [2.05, 4.69) is 36.9 Å². The van der Waals surface area contributed by atoms with Crippen LogP contribution in [0.1, 0.15) is 18.9 Å². The quantitative estimate of drug-likeness (QED) is 0.292. The predicted octanol–water partition coefficient (Wildman–Crippen LogP) is 3.60. The number of hydrogen-bond donors (Lipinski definition) is 2. The van der Waals surface area contributed by atoms with E-state index >= 15 is 0 Å². The number of piperidine rings is 1. The number of aryl methyl sites for hydroxylation is 1. The number of fused-ring (bicyclic) bond motifs is 3. The Morgan fingerprint density at radius 1 is 1.07 bits per heavy atom. The predicted molar refractivity (Wildman–Crippen MR) is 165 cm³/mol. The summed E-state index contributed by atoms with van der Waals surface area (Å²) < 4.78 is 21.5. The fraction of sp³-hybridized carbons (Fsp3) is 0.375. The third kappa shape index (κ3) is 4.56. The Morgan fingerprint density at radius 2 is 1.89 bits per heavy atom. The molecule has 4 aliphatic rings. The molecule has 2 N–H and O–H groups in total. The van der Waals surface area contributed by atoms with E-state index in [4.69, 9.17) is 19.7 Å². The smallest absolute Gasteiger partial charge is 0.165 e. The second-order valence-corrected chi connectivity index (χ2v) is 12.5. The molecule has 226 valence electrons. The highest BCUT2D eigenvalue weighted by atomic mass is 19.1. The fourth-order valence-electron chi connectivity index (χ4n) is 6.91. The molecule has 0 amide bonds. The van der Waals surface area contributed by atoms with E-state index in [1.807, 2.05) is 44.7 Å². The Hall–Kier alpha value is -4.55. The molecular formula is C32H34FN9O2. The van der Waals surface area contributed by atoms with Crippen molar-refractivity contribution in [2.75, 3.05) is 43.1 Å². The van der Waals surface area contributed by atoms with Gasteiger partial charge in [-0.05, 0) is 31.5 Å². The van der Waals surface area contributed by atoms with Gasteiger partial charge in [0.05, 0.1) is 41.2 Å². The molecule has 2 bridgehead atoms. The summed E-state index contributed by atoms with van der Waals surface area (Å²) >= 11 is 0. The Balaban J connectivity index is 1.06. The number of pyridine rings is 1. The van der Waals surface area contributed by atoms with Crippen LogP contribution < -0.4 is 14.5 Å². The van der Waals surface area contributed by atoms with Crippen molar-refractivity contribution in [3.05, 3.63) is 66.5 Å². The Bertz CT molecular complexity index is 1850. The van der Waals surface area contributed by atoms with E-state index in [9.17, 15) is 9.50 Å². The molecule has 8 heterocycles. The molecule has 9 rings (SSSR count). The summed E-state index contributed by atoms with van der Waals surface area (Å²) in [6.45, 7) is 5.22. The van der Waals surface area contributed by atoms with Crippen molar-refractivity contribution in [1.82, 2.24) is 34.6 Å². The minimum absolute atomic E-state index is 0.223. The molecule has 12 heteroatoms. The summed E-state index contributed by atoms with van der Waals surface area (Å²) in [5, 5.41) is 15.6. The van der Waals surface area contributed by atoms with Crippen LogP contribution >= 0.6 is 0 Å². The van der Waals surface area contributed by atoms with Crippen LogP contribution in [-0.2, 0) is 13.6 Å². The minimum atomic E-state index is -0.711. The van der Waals surface area contributed by atoms with Gasteiger partial charge in [-0.1, -0.05) is 6.07 Å². The molecule has 0 aliphatic carbocycles. The van der Waals surface area contributed by atoms with Crippen LogP contribution in [0.15, 0.2) is 55.1 Å². The third-order valence-corrected chi connectivity index (χ3v) is 9.18. The number of H-pyrrole nitrogens is 1. The first kappa shape index (κ1) is 27.0. The van der Waals surface area contributed by atoms with Crippen LogP contribution in [0.4, 0.5) is 15.9 Å². The van der Waals surface area contributed by atoms with Crippen LogP contribution in [0.5, 0.6) is 5.75 Å². The van der Waals surface area contributed by atoms with E-state index < -0.39 is 5.60 Å². The summed E-state index contributed by atoms with van der Waals surface area (Å²) in [6, 6.07) is 9.95. The zero-order valence-electron chi connectivity index (χ0n) is 24.9. The maximum Gasteiger partial charge on any atom is 0.165 e. The van der Waals surface area contributed by atoms with Gasteiger partial charge in [0.25, 0.3) is 0 Å². The first-order valence-corrected chi connectivity index (χ1v) is 14.9. The summed E-state index contributed by atoms with van der Waals surface area (Å²) in [6.07, 6.45) is 8.60. The van der Waals surface area contributed by atoms with Crippen LogP contribution in [-0.4, -0.2) is 90.7 Å². The molecule has 4 aliphatic heterocycles. The highest BCUT2D eigenvalue weighted by Crippen LogP contribution is 2.40. The van der Waals surface area contributed by atoms with E-state index in [0.717, 1.165) is 58.9 Å². The van der Waals surface area contributed by atoms with Gasteiger partial charge in [0.1, 0.15) is 23.0 Å². The maximum absolute atomic E-state index is 14.6. The van der Waals surface area contributed by atoms with Crippen molar-refractivity contribution in [2.24, 2.45) is 7.05 Å². The Morgan fingerprint density at radius 3 is 2.55 bits per heavy atom. The number of rotatable bonds is 7. The lowest BCUT2D eigenvalue weighted by Gasteiger charge is -2.56. The van der Waals surface area contributed by atoms with Gasteiger partial charge in [-0.15, -0.1) is 0 Å². The van der Waals surface area contributed by atoms with Gasteiger partial charge in [0.15, 0.2) is 5.82 Å². The van der Waals surface area contributed by atoms with Gasteiger partial charge < -0.3 is 24.6 Å². The number of anilines is 2. The van der Waals surface area contributed by atoms with Crippen molar-refractivity contribution >= 4 is 22.5 Å². The number of aromatic amines is 1. The molecule has 0 radical (unpaired) electrons. The van der Waals surface area contributed by atoms with Crippen molar-refractivity contribution in [1.29, 1.82) is 0 Å². The standard InChI is InChI=1S/C32H34FN9O2/c1-32(43)17-41(18-32)26-12-35-31-28(26)29(37-30(38-31)21-11-36-39(2)13-21)19-5-7-27(34-10-19)40-15-22-8-23(16-40)42(22)14-20-4-6-24(44-3)9-25(20)33/h4-7,9-13,22-23,43H,8,14-18H2,1-3H3,(H,35,37,38).